The van der Waals surface area contributed by atoms with Crippen LogP contribution in [0.2, 0.25) is 5.02 Å². The van der Waals surface area contributed by atoms with Crippen LogP contribution in [-0.4, -0.2) is 17.4 Å². The summed E-state index contributed by atoms with van der Waals surface area (Å²) in [5, 5.41) is 3.59. The number of amides is 1. The Morgan fingerprint density at radius 1 is 1.64 bits per heavy atom. The second-order valence-corrected chi connectivity index (χ2v) is 3.24. The third kappa shape index (κ3) is 3.62. The Morgan fingerprint density at radius 3 is 3.07 bits per heavy atom. The number of nitrogens with zero attached hydrogens (tertiary/aromatic N) is 1. The van der Waals surface area contributed by atoms with Gasteiger partial charge in [-0.05, 0) is 18.6 Å². The molecule has 3 N–H and O–H groups in total. The number of primary amides is 1. The lowest BCUT2D eigenvalue weighted by Gasteiger charge is -2.05. The van der Waals surface area contributed by atoms with E-state index in [1.54, 1.807) is 18.3 Å². The van der Waals surface area contributed by atoms with Crippen LogP contribution >= 0.6 is 11.6 Å². The van der Waals surface area contributed by atoms with E-state index in [9.17, 15) is 4.79 Å². The second-order valence-electron chi connectivity index (χ2n) is 2.83. The molecule has 5 heteroatoms. The van der Waals surface area contributed by atoms with Gasteiger partial charge >= 0.3 is 0 Å². The third-order valence-electron chi connectivity index (χ3n) is 1.65. The molecule has 76 valence electrons. The Bertz CT molecular complexity index is 317. The smallest absolute Gasteiger partial charge is 0.217 e. The number of anilines is 1. The third-order valence-corrected chi connectivity index (χ3v) is 1.96. The van der Waals surface area contributed by atoms with Gasteiger partial charge in [0.15, 0.2) is 0 Å². The number of carbonyl (C=O) groups is 1. The number of halogens is 1. The van der Waals surface area contributed by atoms with Gasteiger partial charge in [0.2, 0.25) is 5.91 Å². The fraction of sp³-hybridized carbons (Fsp3) is 0.333. The molecule has 0 unspecified atom stereocenters. The van der Waals surface area contributed by atoms with Gasteiger partial charge in [-0.1, -0.05) is 11.6 Å². The summed E-state index contributed by atoms with van der Waals surface area (Å²) in [4.78, 5) is 14.5. The summed E-state index contributed by atoms with van der Waals surface area (Å²) >= 11 is 5.85. The van der Waals surface area contributed by atoms with Crippen LogP contribution in [0.4, 0.5) is 5.82 Å². The topological polar surface area (TPSA) is 68.0 Å². The van der Waals surface area contributed by atoms with Crippen molar-refractivity contribution >= 4 is 23.3 Å². The van der Waals surface area contributed by atoms with E-state index in [1.165, 1.54) is 0 Å². The second kappa shape index (κ2) is 5.44. The first-order chi connectivity index (χ1) is 6.70. The highest BCUT2D eigenvalue weighted by Crippen LogP contribution is 2.16. The molecule has 1 aromatic rings. The monoisotopic (exact) mass is 213 g/mol. The number of pyridine rings is 1. The largest absolute Gasteiger partial charge is 0.370 e. The zero-order valence-corrected chi connectivity index (χ0v) is 8.42. The molecule has 4 nitrogen and oxygen atoms in total. The van der Waals surface area contributed by atoms with E-state index < -0.39 is 0 Å². The van der Waals surface area contributed by atoms with E-state index in [2.05, 4.69) is 10.3 Å². The van der Waals surface area contributed by atoms with Crippen molar-refractivity contribution < 1.29 is 4.79 Å². The van der Waals surface area contributed by atoms with Crippen molar-refractivity contribution in [3.05, 3.63) is 23.4 Å². The Balaban J connectivity index is 2.31. The van der Waals surface area contributed by atoms with Gasteiger partial charge in [0, 0.05) is 19.2 Å². The molecule has 0 aliphatic carbocycles. The first kappa shape index (κ1) is 10.8. The summed E-state index contributed by atoms with van der Waals surface area (Å²) in [6.07, 6.45) is 2.71. The molecule has 0 radical (unpaired) electrons. The lowest BCUT2D eigenvalue weighted by Crippen LogP contribution is -2.13. The SMILES string of the molecule is NC(=O)CCCNc1ncccc1Cl. The maximum atomic E-state index is 10.4. The lowest BCUT2D eigenvalue weighted by atomic mass is 10.3. The van der Waals surface area contributed by atoms with Crippen LogP contribution in [0.15, 0.2) is 18.3 Å². The number of hydrogen-bond donors (Lipinski definition) is 2. The van der Waals surface area contributed by atoms with Gasteiger partial charge in [-0.15, -0.1) is 0 Å². The molecule has 0 saturated heterocycles. The van der Waals surface area contributed by atoms with Crippen LogP contribution in [0.3, 0.4) is 0 Å². The van der Waals surface area contributed by atoms with Gasteiger partial charge in [0.1, 0.15) is 5.82 Å². The fourth-order valence-electron chi connectivity index (χ4n) is 0.985. The number of nitrogens with one attached hydrogen (secondary N) is 1. The van der Waals surface area contributed by atoms with Gasteiger partial charge in [0.05, 0.1) is 5.02 Å². The van der Waals surface area contributed by atoms with E-state index >= 15 is 0 Å². The van der Waals surface area contributed by atoms with Crippen LogP contribution in [-0.2, 0) is 4.79 Å². The van der Waals surface area contributed by atoms with Crippen molar-refractivity contribution in [1.29, 1.82) is 0 Å². The van der Waals surface area contributed by atoms with Gasteiger partial charge in [0.25, 0.3) is 0 Å². The first-order valence-corrected chi connectivity index (χ1v) is 4.70. The Labute approximate surface area is 87.5 Å². The normalized spacial score (nSPS) is 9.79. The molecule has 0 atom stereocenters. The molecule has 0 saturated carbocycles. The average Bonchev–Trinajstić information content (AvgIpc) is 2.15. The fourth-order valence-corrected chi connectivity index (χ4v) is 1.17. The molecule has 1 rings (SSSR count). The van der Waals surface area contributed by atoms with Gasteiger partial charge < -0.3 is 11.1 Å². The maximum absolute atomic E-state index is 10.4. The minimum Gasteiger partial charge on any atom is -0.370 e. The highest BCUT2D eigenvalue weighted by atomic mass is 35.5. The van der Waals surface area contributed by atoms with E-state index in [-0.39, 0.29) is 5.91 Å². The summed E-state index contributed by atoms with van der Waals surface area (Å²) < 4.78 is 0. The first-order valence-electron chi connectivity index (χ1n) is 4.33. The van der Waals surface area contributed by atoms with Crippen LogP contribution in [0, 0.1) is 0 Å². The number of aromatic nitrogens is 1. The van der Waals surface area contributed by atoms with Crippen molar-refractivity contribution in [2.24, 2.45) is 5.73 Å². The minimum absolute atomic E-state index is 0.293. The van der Waals surface area contributed by atoms with Crippen LogP contribution < -0.4 is 11.1 Å². The van der Waals surface area contributed by atoms with Crippen molar-refractivity contribution in [3.8, 4) is 0 Å². The molecular formula is C9H12ClN3O. The zero-order chi connectivity index (χ0) is 10.4. The Hall–Kier alpha value is -1.29. The number of rotatable bonds is 5. The zero-order valence-electron chi connectivity index (χ0n) is 7.66. The molecule has 0 aromatic carbocycles. The van der Waals surface area contributed by atoms with Crippen molar-refractivity contribution in [2.45, 2.75) is 12.8 Å². The summed E-state index contributed by atoms with van der Waals surface area (Å²) in [7, 11) is 0. The molecule has 0 fully saturated rings. The standard InChI is InChI=1S/C9H12ClN3O/c10-7-3-1-5-12-9(7)13-6-2-4-8(11)14/h1,3,5H,2,4,6H2,(H2,11,14)(H,12,13). The quantitative estimate of drug-likeness (QED) is 0.727. The van der Waals surface area contributed by atoms with Crippen molar-refractivity contribution in [3.63, 3.8) is 0 Å². The molecule has 14 heavy (non-hydrogen) atoms. The molecule has 0 bridgehead atoms. The average molecular weight is 214 g/mol. The molecule has 1 amide bonds. The minimum atomic E-state index is -0.293. The van der Waals surface area contributed by atoms with Gasteiger partial charge in [-0.2, -0.15) is 0 Å². The summed E-state index contributed by atoms with van der Waals surface area (Å²) in [5.41, 5.74) is 4.99. The summed E-state index contributed by atoms with van der Waals surface area (Å²) in [6, 6.07) is 3.52. The molecule has 1 heterocycles. The summed E-state index contributed by atoms with van der Waals surface area (Å²) in [5.74, 6) is 0.345. The van der Waals surface area contributed by atoms with E-state index in [0.717, 1.165) is 0 Å². The lowest BCUT2D eigenvalue weighted by molar-refractivity contribution is -0.118. The van der Waals surface area contributed by atoms with E-state index in [1.807, 2.05) is 0 Å². The molecule has 0 spiro atoms. The van der Waals surface area contributed by atoms with E-state index in [0.29, 0.717) is 30.2 Å². The molecule has 0 aliphatic heterocycles. The predicted octanol–water partition coefficient (Wildman–Crippen LogP) is 1.41. The number of carbonyl (C=O) groups excluding carboxylic acids is 1. The number of hydrogen-bond acceptors (Lipinski definition) is 3. The number of nitrogens with two attached hydrogens (primary N) is 1. The maximum Gasteiger partial charge on any atom is 0.217 e. The van der Waals surface area contributed by atoms with Crippen LogP contribution in [0.5, 0.6) is 0 Å². The summed E-state index contributed by atoms with van der Waals surface area (Å²) in [6.45, 7) is 0.639. The highest BCUT2D eigenvalue weighted by molar-refractivity contribution is 6.32. The van der Waals surface area contributed by atoms with E-state index in [4.69, 9.17) is 17.3 Å². The highest BCUT2D eigenvalue weighted by Gasteiger charge is 1.99. The molecular weight excluding hydrogens is 202 g/mol. The van der Waals surface area contributed by atoms with Gasteiger partial charge in [-0.25, -0.2) is 4.98 Å². The predicted molar refractivity (Wildman–Crippen MR) is 56.2 cm³/mol. The van der Waals surface area contributed by atoms with Crippen LogP contribution in [0.25, 0.3) is 0 Å². The van der Waals surface area contributed by atoms with Crippen molar-refractivity contribution in [1.82, 2.24) is 4.98 Å². The van der Waals surface area contributed by atoms with Crippen molar-refractivity contribution in [2.75, 3.05) is 11.9 Å². The van der Waals surface area contributed by atoms with Crippen LogP contribution in [0.1, 0.15) is 12.8 Å². The Morgan fingerprint density at radius 2 is 2.43 bits per heavy atom. The van der Waals surface area contributed by atoms with Gasteiger partial charge in [-0.3, -0.25) is 4.79 Å². The molecule has 1 aromatic heterocycles. The Kier molecular flexibility index (Phi) is 4.19. The molecule has 0 aliphatic rings.